The molecule has 1 amide bonds. The minimum atomic E-state index is -1.30. The van der Waals surface area contributed by atoms with Gasteiger partial charge in [-0.05, 0) is 31.2 Å². The van der Waals surface area contributed by atoms with Crippen LogP contribution >= 0.6 is 23.2 Å². The molecule has 252 valence electrons. The van der Waals surface area contributed by atoms with E-state index in [9.17, 15) is 14.4 Å². The average molecular weight is 691 g/mol. The predicted octanol–water partition coefficient (Wildman–Crippen LogP) is 6.33. The van der Waals surface area contributed by atoms with Crippen LogP contribution in [0.25, 0.3) is 0 Å². The number of ether oxygens (including phenoxy) is 7. The largest absolute Gasteiger partial charge is 0.497 e. The molecular weight excluding hydrogens is 653 g/mol. The summed E-state index contributed by atoms with van der Waals surface area (Å²) < 4.78 is 39.5. The number of hydrogen-bond acceptors (Lipinski definition) is 10. The van der Waals surface area contributed by atoms with Gasteiger partial charge in [-0.1, -0.05) is 35.3 Å². The van der Waals surface area contributed by atoms with E-state index in [-0.39, 0.29) is 43.6 Å². The maximum Gasteiger partial charge on any atom is 0.308 e. The number of benzene rings is 3. The Morgan fingerprint density at radius 1 is 0.894 bits per heavy atom. The number of rotatable bonds is 14. The molecule has 47 heavy (non-hydrogen) atoms. The van der Waals surface area contributed by atoms with Crippen molar-refractivity contribution in [2.75, 3.05) is 46.0 Å². The number of halogens is 2. The van der Waals surface area contributed by atoms with Crippen molar-refractivity contribution >= 4 is 46.7 Å². The molecule has 11 nitrogen and oxygen atoms in total. The molecule has 0 aliphatic carbocycles. The highest BCUT2D eigenvalue weighted by molar-refractivity contribution is 6.33. The molecule has 0 fully saturated rings. The highest BCUT2D eigenvalue weighted by atomic mass is 35.5. The van der Waals surface area contributed by atoms with Gasteiger partial charge in [-0.2, -0.15) is 0 Å². The van der Waals surface area contributed by atoms with Crippen LogP contribution in [0.15, 0.2) is 48.5 Å². The van der Waals surface area contributed by atoms with Gasteiger partial charge < -0.3 is 38.1 Å². The van der Waals surface area contributed by atoms with Crippen molar-refractivity contribution in [3.8, 4) is 23.0 Å². The second-order valence-electron chi connectivity index (χ2n) is 10.4. The van der Waals surface area contributed by atoms with Crippen LogP contribution in [0.2, 0.25) is 10.0 Å². The Labute approximate surface area is 283 Å². The van der Waals surface area contributed by atoms with E-state index in [1.807, 2.05) is 0 Å². The van der Waals surface area contributed by atoms with Gasteiger partial charge in [0.05, 0.1) is 64.8 Å². The van der Waals surface area contributed by atoms with Gasteiger partial charge in [-0.3, -0.25) is 14.4 Å². The van der Waals surface area contributed by atoms with E-state index in [0.717, 1.165) is 0 Å². The molecule has 3 aromatic carbocycles. The Kier molecular flexibility index (Phi) is 12.6. The molecule has 1 heterocycles. The average Bonchev–Trinajstić information content (AvgIpc) is 3.15. The number of hydrogen-bond donors (Lipinski definition) is 0. The van der Waals surface area contributed by atoms with E-state index in [4.69, 9.17) is 56.4 Å². The van der Waals surface area contributed by atoms with Crippen molar-refractivity contribution in [3.05, 3.63) is 75.3 Å². The fraction of sp³-hybridized carbons (Fsp3) is 0.382. The van der Waals surface area contributed by atoms with Crippen molar-refractivity contribution < 1.29 is 47.5 Å². The van der Waals surface area contributed by atoms with Gasteiger partial charge in [0.15, 0.2) is 0 Å². The summed E-state index contributed by atoms with van der Waals surface area (Å²) in [6.07, 6.45) is -2.30. The summed E-state index contributed by atoms with van der Waals surface area (Å²) in [6, 6.07) is 13.7. The fourth-order valence-corrected chi connectivity index (χ4v) is 5.69. The zero-order valence-electron chi connectivity index (χ0n) is 26.8. The van der Waals surface area contributed by atoms with Crippen molar-refractivity contribution in [3.63, 3.8) is 0 Å². The zero-order chi connectivity index (χ0) is 34.1. The normalized spacial score (nSPS) is 15.7. The van der Waals surface area contributed by atoms with Crippen molar-refractivity contribution in [1.29, 1.82) is 0 Å². The summed E-state index contributed by atoms with van der Waals surface area (Å²) in [5.41, 5.74) is 1.91. The molecule has 13 heteroatoms. The van der Waals surface area contributed by atoms with Crippen molar-refractivity contribution in [2.45, 2.75) is 45.4 Å². The Morgan fingerprint density at radius 3 is 2.34 bits per heavy atom. The first-order valence-electron chi connectivity index (χ1n) is 14.9. The number of carbonyl (C=O) groups excluding carboxylic acids is 3. The molecule has 0 radical (unpaired) electrons. The third kappa shape index (κ3) is 8.59. The Morgan fingerprint density at radius 2 is 1.66 bits per heavy atom. The first kappa shape index (κ1) is 35.7. The summed E-state index contributed by atoms with van der Waals surface area (Å²) >= 11 is 13.5. The Bertz CT molecular complexity index is 1600. The molecule has 1 aliphatic rings. The maximum absolute atomic E-state index is 14.6. The first-order chi connectivity index (χ1) is 22.6. The van der Waals surface area contributed by atoms with Crippen LogP contribution in [0.5, 0.6) is 23.0 Å². The minimum Gasteiger partial charge on any atom is -0.497 e. The highest BCUT2D eigenvalue weighted by Crippen LogP contribution is 2.48. The smallest absolute Gasteiger partial charge is 0.308 e. The molecule has 0 saturated carbocycles. The van der Waals surface area contributed by atoms with Crippen LogP contribution in [-0.2, 0) is 35.1 Å². The van der Waals surface area contributed by atoms with Gasteiger partial charge in [0.2, 0.25) is 0 Å². The number of esters is 2. The van der Waals surface area contributed by atoms with Crippen LogP contribution in [-0.4, -0.2) is 65.1 Å². The lowest BCUT2D eigenvalue weighted by atomic mass is 9.98. The van der Waals surface area contributed by atoms with E-state index >= 15 is 0 Å². The summed E-state index contributed by atoms with van der Waals surface area (Å²) in [4.78, 5) is 40.2. The lowest BCUT2D eigenvalue weighted by molar-refractivity contribution is -0.151. The standard InChI is InChI=1S/C34H37Cl2NO10/c1-6-44-30(39)18-29-34(40)37(19-21-11-12-23(41-3)17-27(21)43-5)32-25(33(47-29)24-9-7-10-26(42-4)31(24)36)15-22(35)16-28(32)46-14-8-13-45-20(2)38/h7,9-12,15-17,29,33H,6,8,13-14,18-19H2,1-5H3. The van der Waals surface area contributed by atoms with Gasteiger partial charge >= 0.3 is 11.9 Å². The summed E-state index contributed by atoms with van der Waals surface area (Å²) in [5.74, 6) is 0.120. The van der Waals surface area contributed by atoms with E-state index in [1.165, 1.54) is 26.0 Å². The minimum absolute atomic E-state index is 0.00824. The lowest BCUT2D eigenvalue weighted by Gasteiger charge is -2.28. The quantitative estimate of drug-likeness (QED) is 0.140. The summed E-state index contributed by atoms with van der Waals surface area (Å²) in [7, 11) is 4.54. The molecule has 0 spiro atoms. The molecule has 2 unspecified atom stereocenters. The zero-order valence-corrected chi connectivity index (χ0v) is 28.3. The number of carbonyl (C=O) groups is 3. The topological polar surface area (TPSA) is 119 Å². The molecule has 0 N–H and O–H groups in total. The van der Waals surface area contributed by atoms with Gasteiger partial charge in [-0.15, -0.1) is 0 Å². The maximum atomic E-state index is 14.6. The van der Waals surface area contributed by atoms with Crippen LogP contribution in [0.3, 0.4) is 0 Å². The van der Waals surface area contributed by atoms with Crippen LogP contribution in [0, 0.1) is 0 Å². The van der Waals surface area contributed by atoms with Crippen LogP contribution < -0.4 is 23.8 Å². The van der Waals surface area contributed by atoms with E-state index in [1.54, 1.807) is 62.6 Å². The molecule has 4 rings (SSSR count). The molecule has 2 atom stereocenters. The second-order valence-corrected chi connectivity index (χ2v) is 11.2. The van der Waals surface area contributed by atoms with Crippen LogP contribution in [0.4, 0.5) is 5.69 Å². The number of fused-ring (bicyclic) bond motifs is 1. The van der Waals surface area contributed by atoms with Gasteiger partial charge in [0.25, 0.3) is 5.91 Å². The predicted molar refractivity (Wildman–Crippen MR) is 175 cm³/mol. The van der Waals surface area contributed by atoms with Gasteiger partial charge in [0.1, 0.15) is 35.2 Å². The monoisotopic (exact) mass is 689 g/mol. The third-order valence-corrected chi connectivity index (χ3v) is 7.91. The highest BCUT2D eigenvalue weighted by Gasteiger charge is 2.41. The lowest BCUT2D eigenvalue weighted by Crippen LogP contribution is -2.40. The number of amides is 1. The SMILES string of the molecule is CCOC(=O)CC1OC(c2cccc(OC)c2Cl)c2cc(Cl)cc(OCCCOC(C)=O)c2N(Cc2ccc(OC)cc2OC)C1=O. The fourth-order valence-electron chi connectivity index (χ4n) is 5.18. The Hall–Kier alpha value is -4.19. The van der Waals surface area contributed by atoms with Crippen molar-refractivity contribution in [1.82, 2.24) is 0 Å². The first-order valence-corrected chi connectivity index (χ1v) is 15.6. The second kappa shape index (κ2) is 16.6. The Balaban J connectivity index is 1.93. The summed E-state index contributed by atoms with van der Waals surface area (Å²) in [5, 5.41) is 0.548. The third-order valence-electron chi connectivity index (χ3n) is 7.29. The molecule has 1 aliphatic heterocycles. The van der Waals surface area contributed by atoms with Gasteiger partial charge in [0, 0.05) is 47.2 Å². The van der Waals surface area contributed by atoms with E-state index < -0.39 is 30.1 Å². The number of anilines is 1. The van der Waals surface area contributed by atoms with E-state index in [0.29, 0.717) is 51.1 Å². The number of methoxy groups -OCH3 is 3. The molecular formula is C34H37Cl2NO10. The van der Waals surface area contributed by atoms with Crippen molar-refractivity contribution in [2.24, 2.45) is 0 Å². The summed E-state index contributed by atoms with van der Waals surface area (Å²) in [6.45, 7) is 3.38. The molecule has 0 saturated heterocycles. The molecule has 0 bridgehead atoms. The van der Waals surface area contributed by atoms with E-state index in [2.05, 4.69) is 0 Å². The number of nitrogens with zero attached hydrogens (tertiary/aromatic N) is 1. The van der Waals surface area contributed by atoms with Crippen LogP contribution in [0.1, 0.15) is 49.5 Å². The van der Waals surface area contributed by atoms with Gasteiger partial charge in [-0.25, -0.2) is 0 Å². The molecule has 0 aromatic heterocycles. The molecule has 3 aromatic rings.